The fourth-order valence-corrected chi connectivity index (χ4v) is 3.92. The lowest BCUT2D eigenvalue weighted by Crippen LogP contribution is -2.24. The lowest BCUT2D eigenvalue weighted by Gasteiger charge is -2.26. The molecule has 0 aromatic heterocycles. The molecule has 0 radical (unpaired) electrons. The van der Waals surface area contributed by atoms with Gasteiger partial charge in [-0.05, 0) is 51.1 Å². The molecule has 2 fully saturated rings. The summed E-state index contributed by atoms with van der Waals surface area (Å²) in [6, 6.07) is 0. The molecule has 0 aromatic carbocycles. The summed E-state index contributed by atoms with van der Waals surface area (Å²) in [5.41, 5.74) is 2.01. The fraction of sp³-hybridized carbons (Fsp3) is 0.786. The monoisotopic (exact) mass is 255 g/mol. The molecule has 0 spiro atoms. The van der Waals surface area contributed by atoms with E-state index in [0.717, 1.165) is 0 Å². The van der Waals surface area contributed by atoms with E-state index in [4.69, 9.17) is 0 Å². The van der Waals surface area contributed by atoms with Gasteiger partial charge in [0.15, 0.2) is 0 Å². The van der Waals surface area contributed by atoms with Crippen LogP contribution in [0.3, 0.4) is 0 Å². The number of aliphatic imine (C=N–C) groups is 1. The van der Waals surface area contributed by atoms with Crippen LogP contribution in [0.1, 0.15) is 39.0 Å². The molecule has 1 atom stereocenters. The van der Waals surface area contributed by atoms with Crippen LogP contribution in [0.15, 0.2) is 17.6 Å². The molecule has 2 aliphatic rings. The molecule has 0 saturated heterocycles. The van der Waals surface area contributed by atoms with Crippen LogP contribution in [-0.4, -0.2) is 25.1 Å². The molecule has 3 heteroatoms. The van der Waals surface area contributed by atoms with Crippen molar-refractivity contribution in [1.29, 1.82) is 0 Å². The van der Waals surface area contributed by atoms with Crippen molar-refractivity contribution in [2.45, 2.75) is 39.0 Å². The number of hydrogen-bond acceptors (Lipinski definition) is 1. The van der Waals surface area contributed by atoms with Gasteiger partial charge in [0.2, 0.25) is 0 Å². The first-order valence-electron chi connectivity index (χ1n) is 6.54. The second-order valence-electron chi connectivity index (χ2n) is 5.82. The van der Waals surface area contributed by atoms with Crippen LogP contribution in [0.4, 0.5) is 4.20 Å². The first-order valence-corrected chi connectivity index (χ1v) is 8.41. The third-order valence-electron chi connectivity index (χ3n) is 4.85. The maximum Gasteiger partial charge on any atom is 0.0800 e. The molecule has 2 aliphatic carbocycles. The van der Waals surface area contributed by atoms with Crippen LogP contribution < -0.4 is 0 Å². The molecule has 0 N–H and O–H groups in total. The van der Waals surface area contributed by atoms with Crippen molar-refractivity contribution < 1.29 is 4.20 Å². The Labute approximate surface area is 105 Å². The zero-order chi connectivity index (χ0) is 12.5. The number of rotatable bonds is 5. The van der Waals surface area contributed by atoms with Crippen molar-refractivity contribution in [3.05, 3.63) is 12.7 Å². The Morgan fingerprint density at radius 3 is 2.53 bits per heavy atom. The highest BCUT2D eigenvalue weighted by Gasteiger charge is 2.53. The van der Waals surface area contributed by atoms with Gasteiger partial charge in [-0.3, -0.25) is 4.99 Å². The molecular formula is C14H23FNP. The van der Waals surface area contributed by atoms with Gasteiger partial charge in [0, 0.05) is 23.8 Å². The van der Waals surface area contributed by atoms with E-state index >= 15 is 0 Å². The molecule has 0 heterocycles. The average molecular weight is 255 g/mol. The summed E-state index contributed by atoms with van der Waals surface area (Å²) >= 11 is 0. The second kappa shape index (κ2) is 4.80. The molecule has 0 aliphatic heterocycles. The third-order valence-corrected chi connectivity index (χ3v) is 5.67. The van der Waals surface area contributed by atoms with Gasteiger partial charge in [-0.15, -0.1) is 6.58 Å². The van der Waals surface area contributed by atoms with Crippen LogP contribution in [0.25, 0.3) is 0 Å². The van der Waals surface area contributed by atoms with Crippen LogP contribution >= 0.6 is 8.23 Å². The lowest BCUT2D eigenvalue weighted by atomic mass is 9.79. The minimum absolute atomic E-state index is 0.334. The van der Waals surface area contributed by atoms with E-state index in [-0.39, 0.29) is 0 Å². The summed E-state index contributed by atoms with van der Waals surface area (Å²) in [5, 5.41) is 0. The third kappa shape index (κ3) is 2.47. The van der Waals surface area contributed by atoms with Crippen LogP contribution in [0.5, 0.6) is 0 Å². The first-order chi connectivity index (χ1) is 8.02. The second-order valence-corrected chi connectivity index (χ2v) is 7.48. The lowest BCUT2D eigenvalue weighted by molar-refractivity contribution is 0.369. The zero-order valence-corrected chi connectivity index (χ0v) is 11.9. The predicted octanol–water partition coefficient (Wildman–Crippen LogP) is 4.58. The normalized spacial score (nSPS) is 38.4. The van der Waals surface area contributed by atoms with E-state index in [1.54, 1.807) is 6.66 Å². The van der Waals surface area contributed by atoms with E-state index in [2.05, 4.69) is 24.6 Å². The van der Waals surface area contributed by atoms with Crippen LogP contribution in [-0.2, 0) is 0 Å². The fourth-order valence-electron chi connectivity index (χ4n) is 3.54. The maximum absolute atomic E-state index is 12.8. The van der Waals surface area contributed by atoms with Crippen molar-refractivity contribution in [2.75, 3.05) is 19.4 Å². The standard InChI is InChI=1S/C14H23FNP/c1-4-13-5-7-14(11-13,8-6-13)12(2)16-9-10-17(3)15/h4H,1,5-11H2,2-3H3. The Morgan fingerprint density at radius 1 is 1.41 bits per heavy atom. The summed E-state index contributed by atoms with van der Waals surface area (Å²) in [6.45, 7) is 8.50. The highest BCUT2D eigenvalue weighted by molar-refractivity contribution is 7.51. The Balaban J connectivity index is 2.01. The van der Waals surface area contributed by atoms with Crippen molar-refractivity contribution in [1.82, 2.24) is 0 Å². The van der Waals surface area contributed by atoms with E-state index in [9.17, 15) is 4.20 Å². The Hall–Kier alpha value is -0.230. The van der Waals surface area contributed by atoms with Gasteiger partial charge in [0.05, 0.1) is 8.23 Å². The summed E-state index contributed by atoms with van der Waals surface area (Å²) in [4.78, 5) is 4.64. The number of allylic oxidation sites excluding steroid dienone is 1. The molecule has 0 aromatic rings. The highest BCUT2D eigenvalue weighted by Crippen LogP contribution is 2.62. The average Bonchev–Trinajstić information content (AvgIpc) is 2.86. The van der Waals surface area contributed by atoms with Gasteiger partial charge in [-0.1, -0.05) is 6.08 Å². The Morgan fingerprint density at radius 2 is 2.06 bits per heavy atom. The van der Waals surface area contributed by atoms with E-state index < -0.39 is 8.23 Å². The van der Waals surface area contributed by atoms with E-state index in [1.165, 1.54) is 37.8 Å². The summed E-state index contributed by atoms with van der Waals surface area (Å²) < 4.78 is 12.8. The Bertz CT molecular complexity index is 327. The summed E-state index contributed by atoms with van der Waals surface area (Å²) in [5.74, 6) is 0. The van der Waals surface area contributed by atoms with Crippen molar-refractivity contribution >= 4 is 13.9 Å². The summed E-state index contributed by atoms with van der Waals surface area (Å²) in [7, 11) is -1.29. The quantitative estimate of drug-likeness (QED) is 0.387. The smallest absolute Gasteiger partial charge is 0.0800 e. The minimum Gasteiger partial charge on any atom is -0.293 e. The minimum atomic E-state index is -1.29. The van der Waals surface area contributed by atoms with E-state index in [1.807, 2.05) is 0 Å². The maximum atomic E-state index is 12.8. The highest BCUT2D eigenvalue weighted by atomic mass is 31.2. The van der Waals surface area contributed by atoms with Gasteiger partial charge in [-0.2, -0.15) is 0 Å². The van der Waals surface area contributed by atoms with E-state index in [0.29, 0.717) is 23.5 Å². The molecule has 2 bridgehead atoms. The number of halogens is 1. The first kappa shape index (κ1) is 13.2. The van der Waals surface area contributed by atoms with Crippen LogP contribution in [0, 0.1) is 10.8 Å². The molecule has 17 heavy (non-hydrogen) atoms. The molecule has 2 rings (SSSR count). The molecule has 1 unspecified atom stereocenters. The topological polar surface area (TPSA) is 12.4 Å². The molecule has 96 valence electrons. The largest absolute Gasteiger partial charge is 0.293 e. The van der Waals surface area contributed by atoms with Crippen molar-refractivity contribution in [2.24, 2.45) is 15.8 Å². The summed E-state index contributed by atoms with van der Waals surface area (Å²) in [6.07, 6.45) is 9.07. The van der Waals surface area contributed by atoms with Crippen molar-refractivity contribution in [3.8, 4) is 0 Å². The molecule has 0 amide bonds. The van der Waals surface area contributed by atoms with Crippen LogP contribution in [0.2, 0.25) is 0 Å². The molecule has 2 saturated carbocycles. The SMILES string of the molecule is C=CC12CCC(C(C)=NCCP(C)F)(CC1)C2. The predicted molar refractivity (Wildman–Crippen MR) is 74.9 cm³/mol. The molecule has 1 nitrogen and oxygen atoms in total. The van der Waals surface area contributed by atoms with Gasteiger partial charge in [0.25, 0.3) is 0 Å². The number of nitrogens with zero attached hydrogens (tertiary/aromatic N) is 1. The van der Waals surface area contributed by atoms with Gasteiger partial charge in [-0.25, -0.2) is 4.20 Å². The zero-order valence-electron chi connectivity index (χ0n) is 11.0. The van der Waals surface area contributed by atoms with Gasteiger partial charge >= 0.3 is 0 Å². The number of fused-ring (bicyclic) bond motifs is 2. The molecular weight excluding hydrogens is 232 g/mol. The van der Waals surface area contributed by atoms with Crippen molar-refractivity contribution in [3.63, 3.8) is 0 Å². The van der Waals surface area contributed by atoms with Gasteiger partial charge in [0.1, 0.15) is 0 Å². The Kier molecular flexibility index (Phi) is 3.73. The number of hydrogen-bond donors (Lipinski definition) is 0. The van der Waals surface area contributed by atoms with Gasteiger partial charge < -0.3 is 0 Å².